The zero-order valence-electron chi connectivity index (χ0n) is 12.2. The van der Waals surface area contributed by atoms with E-state index in [1.807, 2.05) is 0 Å². The largest absolute Gasteiger partial charge is 0.356 e. The van der Waals surface area contributed by atoms with Gasteiger partial charge in [0.2, 0.25) is 0 Å². The molecule has 0 aromatic heterocycles. The molecule has 0 unspecified atom stereocenters. The smallest absolute Gasteiger partial charge is 0.160 e. The van der Waals surface area contributed by atoms with Crippen LogP contribution in [0.3, 0.4) is 0 Å². The Morgan fingerprint density at radius 1 is 0.750 bits per heavy atom. The van der Waals surface area contributed by atoms with Gasteiger partial charge in [0.05, 0.1) is 8.96 Å². The summed E-state index contributed by atoms with van der Waals surface area (Å²) in [5.74, 6) is 0. The molecule has 98 valence electrons. The van der Waals surface area contributed by atoms with Gasteiger partial charge in [0.25, 0.3) is 0 Å². The van der Waals surface area contributed by atoms with Gasteiger partial charge in [-0.05, 0) is 26.2 Å². The van der Waals surface area contributed by atoms with E-state index in [1.165, 1.54) is 26.2 Å². The maximum absolute atomic E-state index is 2.96. The quantitative estimate of drug-likeness (QED) is 0.547. The third-order valence-corrected chi connectivity index (χ3v) is 14.6. The minimum Gasteiger partial charge on any atom is -0.356 e. The average molecular weight is 278 g/mol. The average Bonchev–Trinajstić information content (AvgIpc) is 2.29. The van der Waals surface area contributed by atoms with Crippen LogP contribution in [0.25, 0.3) is 0 Å². The molecular formula is C10H31N3Si3. The fourth-order valence-electron chi connectivity index (χ4n) is 1.73. The fraction of sp³-hybridized carbons (Fsp3) is 1.00. The first-order chi connectivity index (χ1) is 7.58. The molecule has 0 N–H and O–H groups in total. The van der Waals surface area contributed by atoms with E-state index in [-0.39, 0.29) is 19.7 Å². The Labute approximate surface area is 109 Å². The van der Waals surface area contributed by atoms with E-state index in [9.17, 15) is 0 Å². The topological polar surface area (TPSA) is 9.72 Å². The van der Waals surface area contributed by atoms with Crippen LogP contribution in [0.5, 0.6) is 0 Å². The van der Waals surface area contributed by atoms with E-state index < -0.39 is 8.96 Å². The normalized spacial score (nSPS) is 13.9. The van der Waals surface area contributed by atoms with Crippen LogP contribution in [0.2, 0.25) is 13.1 Å². The van der Waals surface area contributed by atoms with Gasteiger partial charge in [-0.15, -0.1) is 0 Å². The minimum absolute atomic E-state index is 0.121. The van der Waals surface area contributed by atoms with Crippen molar-refractivity contribution >= 4 is 28.6 Å². The molecule has 0 aromatic rings. The Kier molecular flexibility index (Phi) is 9.87. The molecular weight excluding hydrogens is 246 g/mol. The molecule has 0 fully saturated rings. The van der Waals surface area contributed by atoms with Crippen LogP contribution in [0.15, 0.2) is 0 Å². The van der Waals surface area contributed by atoms with E-state index in [0.717, 1.165) is 0 Å². The maximum Gasteiger partial charge on any atom is 0.160 e. The SMILES string of the molecule is CCN(CC)[SiH2]N([SiH2]N(CC)CC)[SiH](C)C. The van der Waals surface area contributed by atoms with Gasteiger partial charge in [-0.2, -0.15) is 0 Å². The lowest BCUT2D eigenvalue weighted by molar-refractivity contribution is 0.455. The van der Waals surface area contributed by atoms with Gasteiger partial charge in [0.1, 0.15) is 0 Å². The van der Waals surface area contributed by atoms with Gasteiger partial charge >= 0.3 is 0 Å². The van der Waals surface area contributed by atoms with Gasteiger partial charge in [-0.25, -0.2) is 0 Å². The predicted octanol–water partition coefficient (Wildman–Crippen LogP) is -0.0470. The van der Waals surface area contributed by atoms with Gasteiger partial charge < -0.3 is 13.0 Å². The van der Waals surface area contributed by atoms with E-state index in [1.54, 1.807) is 0 Å². The summed E-state index contributed by atoms with van der Waals surface area (Å²) in [4.78, 5) is 0. The van der Waals surface area contributed by atoms with E-state index >= 15 is 0 Å². The van der Waals surface area contributed by atoms with Crippen LogP contribution in [-0.2, 0) is 0 Å². The van der Waals surface area contributed by atoms with Crippen molar-refractivity contribution in [1.29, 1.82) is 0 Å². The molecule has 0 spiro atoms. The molecule has 0 aliphatic rings. The molecule has 0 heterocycles. The second kappa shape index (κ2) is 9.55. The number of nitrogens with zero attached hydrogens (tertiary/aromatic N) is 3. The Balaban J connectivity index is 4.25. The summed E-state index contributed by atoms with van der Waals surface area (Å²) in [6.07, 6.45) is 0. The van der Waals surface area contributed by atoms with Crippen molar-refractivity contribution in [3.63, 3.8) is 0 Å². The lowest BCUT2D eigenvalue weighted by Gasteiger charge is -2.35. The third kappa shape index (κ3) is 6.31. The Bertz CT molecular complexity index is 147. The van der Waals surface area contributed by atoms with Gasteiger partial charge in [-0.3, -0.25) is 0 Å². The van der Waals surface area contributed by atoms with E-state index in [0.29, 0.717) is 0 Å². The maximum atomic E-state index is 2.96. The second-order valence-electron chi connectivity index (χ2n) is 4.57. The first-order valence-electron chi connectivity index (χ1n) is 6.77. The first kappa shape index (κ1) is 16.5. The molecule has 0 atom stereocenters. The van der Waals surface area contributed by atoms with Crippen LogP contribution in [0, 0.1) is 0 Å². The molecule has 0 radical (unpaired) electrons. The van der Waals surface area contributed by atoms with E-state index in [2.05, 4.69) is 53.8 Å². The summed E-state index contributed by atoms with van der Waals surface area (Å²) < 4.78 is 8.33. The van der Waals surface area contributed by atoms with Crippen molar-refractivity contribution in [3.05, 3.63) is 0 Å². The van der Waals surface area contributed by atoms with Crippen molar-refractivity contribution in [2.75, 3.05) is 26.2 Å². The number of hydrogen-bond donors (Lipinski definition) is 0. The second-order valence-corrected chi connectivity index (χ2v) is 13.8. The molecule has 0 aliphatic carbocycles. The standard InChI is InChI=1S/C10H31N3Si3/c1-7-11(8-2)14-13(16(5)6)15-12(9-3)10-4/h16H,7-10,14-15H2,1-6H3. The van der Waals surface area contributed by atoms with Crippen LogP contribution in [-0.4, -0.2) is 67.9 Å². The monoisotopic (exact) mass is 277 g/mol. The van der Waals surface area contributed by atoms with Crippen LogP contribution in [0.4, 0.5) is 0 Å². The van der Waals surface area contributed by atoms with Gasteiger partial charge in [0, 0.05) is 0 Å². The van der Waals surface area contributed by atoms with Crippen molar-refractivity contribution in [3.8, 4) is 0 Å². The summed E-state index contributed by atoms with van der Waals surface area (Å²) in [7, 11) is -0.823. The molecule has 6 heteroatoms. The van der Waals surface area contributed by atoms with E-state index in [4.69, 9.17) is 0 Å². The molecule has 0 rings (SSSR count). The van der Waals surface area contributed by atoms with Crippen molar-refractivity contribution in [1.82, 2.24) is 13.0 Å². The minimum atomic E-state index is -0.580. The Morgan fingerprint density at radius 2 is 1.06 bits per heavy atom. The van der Waals surface area contributed by atoms with Crippen molar-refractivity contribution < 1.29 is 0 Å². The third-order valence-electron chi connectivity index (χ3n) is 3.28. The zero-order valence-corrected chi connectivity index (χ0v) is 16.1. The highest BCUT2D eigenvalue weighted by molar-refractivity contribution is 6.72. The molecule has 16 heavy (non-hydrogen) atoms. The highest BCUT2D eigenvalue weighted by Crippen LogP contribution is 1.97. The number of rotatable bonds is 9. The first-order valence-corrected chi connectivity index (χ1v) is 12.1. The molecule has 0 saturated carbocycles. The Hall–Kier alpha value is 0.531. The Morgan fingerprint density at radius 3 is 1.25 bits per heavy atom. The van der Waals surface area contributed by atoms with Crippen molar-refractivity contribution in [2.24, 2.45) is 0 Å². The summed E-state index contributed by atoms with van der Waals surface area (Å²) in [6, 6.07) is 0. The molecule has 0 bridgehead atoms. The van der Waals surface area contributed by atoms with Crippen LogP contribution >= 0.6 is 0 Å². The fourth-order valence-corrected chi connectivity index (χ4v) is 9.61. The molecule has 3 nitrogen and oxygen atoms in total. The molecule has 0 aliphatic heterocycles. The number of hydrogen-bond acceptors (Lipinski definition) is 3. The summed E-state index contributed by atoms with van der Waals surface area (Å²) in [5, 5.41) is 0. The predicted molar refractivity (Wildman–Crippen MR) is 83.6 cm³/mol. The lowest BCUT2D eigenvalue weighted by atomic mass is 10.7. The van der Waals surface area contributed by atoms with Crippen LogP contribution in [0.1, 0.15) is 27.7 Å². The molecule has 0 aromatic carbocycles. The van der Waals surface area contributed by atoms with Gasteiger partial charge in [0.15, 0.2) is 19.7 Å². The van der Waals surface area contributed by atoms with Crippen molar-refractivity contribution in [2.45, 2.75) is 40.8 Å². The van der Waals surface area contributed by atoms with Gasteiger partial charge in [-0.1, -0.05) is 40.8 Å². The molecule has 0 amide bonds. The highest BCUT2D eigenvalue weighted by Gasteiger charge is 2.16. The summed E-state index contributed by atoms with van der Waals surface area (Å²) in [6.45, 7) is 19.2. The highest BCUT2D eigenvalue weighted by atomic mass is 28.4. The zero-order chi connectivity index (χ0) is 12.6. The summed E-state index contributed by atoms with van der Waals surface area (Å²) in [5.41, 5.74) is 0. The molecule has 0 saturated heterocycles. The summed E-state index contributed by atoms with van der Waals surface area (Å²) >= 11 is 0. The van der Waals surface area contributed by atoms with Crippen LogP contribution < -0.4 is 0 Å². The lowest BCUT2D eigenvalue weighted by Crippen LogP contribution is -2.53.